The molecule has 4 rings (SSSR count). The van der Waals surface area contributed by atoms with Crippen molar-refractivity contribution >= 4 is 22.9 Å². The summed E-state index contributed by atoms with van der Waals surface area (Å²) < 4.78 is 1.80. The Bertz CT molecular complexity index is 938. The number of nitrogens with one attached hydrogen (secondary N) is 1. The highest BCUT2D eigenvalue weighted by atomic mass is 16.2. The van der Waals surface area contributed by atoms with E-state index in [-0.39, 0.29) is 5.91 Å². The summed E-state index contributed by atoms with van der Waals surface area (Å²) in [6, 6.07) is 10.1. The van der Waals surface area contributed by atoms with E-state index in [1.165, 1.54) is 0 Å². The van der Waals surface area contributed by atoms with Crippen LogP contribution in [0, 0.1) is 6.92 Å². The van der Waals surface area contributed by atoms with Crippen molar-refractivity contribution in [2.24, 2.45) is 0 Å². The molecule has 0 aliphatic carbocycles. The first-order valence-electron chi connectivity index (χ1n) is 9.34. The molecule has 1 aromatic carbocycles. The summed E-state index contributed by atoms with van der Waals surface area (Å²) >= 11 is 0. The van der Waals surface area contributed by atoms with Gasteiger partial charge in [0.05, 0.1) is 6.54 Å². The van der Waals surface area contributed by atoms with E-state index in [0.29, 0.717) is 30.1 Å². The third kappa shape index (κ3) is 3.89. The molecule has 1 aliphatic heterocycles. The van der Waals surface area contributed by atoms with Crippen LogP contribution in [-0.2, 0) is 11.3 Å². The number of anilines is 1. The standard InChI is InChI=1S/C19H23N7O/c1-14-21-18(20-10-6-12-25-11-5-9-16(25)27)17-19(22-14)26(24-23-17)13-15-7-3-2-4-8-15/h2-4,7-8H,5-6,9-13H2,1H3,(H,20,21,22). The highest BCUT2D eigenvalue weighted by Crippen LogP contribution is 2.18. The lowest BCUT2D eigenvalue weighted by molar-refractivity contribution is -0.127. The quantitative estimate of drug-likeness (QED) is 0.644. The van der Waals surface area contributed by atoms with Crippen molar-refractivity contribution in [2.45, 2.75) is 32.7 Å². The van der Waals surface area contributed by atoms with E-state index >= 15 is 0 Å². The number of rotatable bonds is 7. The van der Waals surface area contributed by atoms with E-state index in [2.05, 4.69) is 37.7 Å². The van der Waals surface area contributed by atoms with Crippen molar-refractivity contribution in [2.75, 3.05) is 25.0 Å². The van der Waals surface area contributed by atoms with E-state index in [0.717, 1.165) is 43.7 Å². The van der Waals surface area contributed by atoms with Crippen molar-refractivity contribution < 1.29 is 4.79 Å². The molecular formula is C19H23N7O. The first-order valence-corrected chi connectivity index (χ1v) is 9.34. The Kier molecular flexibility index (Phi) is 4.95. The number of carbonyl (C=O) groups is 1. The molecule has 0 radical (unpaired) electrons. The fourth-order valence-corrected chi connectivity index (χ4v) is 3.37. The van der Waals surface area contributed by atoms with Gasteiger partial charge >= 0.3 is 0 Å². The Morgan fingerprint density at radius 1 is 1.19 bits per heavy atom. The lowest BCUT2D eigenvalue weighted by atomic mass is 10.2. The molecule has 1 N–H and O–H groups in total. The van der Waals surface area contributed by atoms with Gasteiger partial charge in [-0.3, -0.25) is 4.79 Å². The van der Waals surface area contributed by atoms with Gasteiger partial charge in [0.25, 0.3) is 0 Å². The van der Waals surface area contributed by atoms with Crippen LogP contribution in [0.2, 0.25) is 0 Å². The van der Waals surface area contributed by atoms with Crippen LogP contribution in [0.15, 0.2) is 30.3 Å². The van der Waals surface area contributed by atoms with Crippen molar-refractivity contribution in [3.63, 3.8) is 0 Å². The van der Waals surface area contributed by atoms with Crippen LogP contribution >= 0.6 is 0 Å². The van der Waals surface area contributed by atoms with Gasteiger partial charge in [-0.05, 0) is 25.3 Å². The maximum Gasteiger partial charge on any atom is 0.222 e. The zero-order valence-corrected chi connectivity index (χ0v) is 15.4. The molecule has 1 amide bonds. The number of carbonyl (C=O) groups excluding carboxylic acids is 1. The zero-order chi connectivity index (χ0) is 18.6. The second kappa shape index (κ2) is 7.69. The number of fused-ring (bicyclic) bond motifs is 1. The van der Waals surface area contributed by atoms with E-state index in [1.807, 2.05) is 30.0 Å². The van der Waals surface area contributed by atoms with E-state index < -0.39 is 0 Å². The molecule has 2 aromatic heterocycles. The zero-order valence-electron chi connectivity index (χ0n) is 15.4. The van der Waals surface area contributed by atoms with E-state index in [1.54, 1.807) is 4.68 Å². The van der Waals surface area contributed by atoms with Crippen molar-refractivity contribution in [1.29, 1.82) is 0 Å². The van der Waals surface area contributed by atoms with Crippen LogP contribution in [0.5, 0.6) is 0 Å². The fraction of sp³-hybridized carbons (Fsp3) is 0.421. The number of aromatic nitrogens is 5. The molecule has 27 heavy (non-hydrogen) atoms. The van der Waals surface area contributed by atoms with E-state index in [4.69, 9.17) is 0 Å². The second-order valence-corrected chi connectivity index (χ2v) is 6.79. The summed E-state index contributed by atoms with van der Waals surface area (Å²) in [6.45, 7) is 4.86. The van der Waals surface area contributed by atoms with Gasteiger partial charge in [-0.1, -0.05) is 35.5 Å². The molecule has 0 saturated carbocycles. The lowest BCUT2D eigenvalue weighted by Gasteiger charge is -2.15. The molecule has 8 nitrogen and oxygen atoms in total. The molecule has 140 valence electrons. The highest BCUT2D eigenvalue weighted by Gasteiger charge is 2.19. The highest BCUT2D eigenvalue weighted by molar-refractivity contribution is 5.82. The van der Waals surface area contributed by atoms with Gasteiger partial charge in [-0.2, -0.15) is 0 Å². The van der Waals surface area contributed by atoms with Crippen molar-refractivity contribution in [3.8, 4) is 0 Å². The third-order valence-electron chi connectivity index (χ3n) is 4.72. The average Bonchev–Trinajstić information content (AvgIpc) is 3.26. The van der Waals surface area contributed by atoms with Gasteiger partial charge in [-0.25, -0.2) is 14.6 Å². The number of aryl methyl sites for hydroxylation is 1. The summed E-state index contributed by atoms with van der Waals surface area (Å²) in [5, 5.41) is 11.9. The summed E-state index contributed by atoms with van der Waals surface area (Å²) in [6.07, 6.45) is 2.53. The summed E-state index contributed by atoms with van der Waals surface area (Å²) in [7, 11) is 0. The minimum absolute atomic E-state index is 0.263. The first-order chi connectivity index (χ1) is 13.2. The Labute approximate surface area is 157 Å². The molecule has 1 aliphatic rings. The summed E-state index contributed by atoms with van der Waals surface area (Å²) in [4.78, 5) is 22.6. The molecule has 0 bridgehead atoms. The number of benzene rings is 1. The van der Waals surface area contributed by atoms with Crippen LogP contribution < -0.4 is 5.32 Å². The predicted molar refractivity (Wildman–Crippen MR) is 102 cm³/mol. The lowest BCUT2D eigenvalue weighted by Crippen LogP contribution is -2.27. The average molecular weight is 365 g/mol. The fourth-order valence-electron chi connectivity index (χ4n) is 3.37. The normalized spacial score (nSPS) is 14.3. The third-order valence-corrected chi connectivity index (χ3v) is 4.72. The van der Waals surface area contributed by atoms with Gasteiger partial charge < -0.3 is 10.2 Å². The molecule has 1 fully saturated rings. The Morgan fingerprint density at radius 2 is 2.04 bits per heavy atom. The number of amides is 1. The maximum absolute atomic E-state index is 11.7. The van der Waals surface area contributed by atoms with Crippen LogP contribution in [0.25, 0.3) is 11.2 Å². The summed E-state index contributed by atoms with van der Waals surface area (Å²) in [5.41, 5.74) is 2.54. The molecule has 0 spiro atoms. The van der Waals surface area contributed by atoms with Gasteiger partial charge in [-0.15, -0.1) is 5.10 Å². The van der Waals surface area contributed by atoms with Gasteiger partial charge in [0.15, 0.2) is 17.0 Å². The molecule has 3 heterocycles. The minimum atomic E-state index is 0.263. The van der Waals surface area contributed by atoms with Gasteiger partial charge in [0, 0.05) is 26.1 Å². The number of likely N-dealkylation sites (tertiary alicyclic amines) is 1. The van der Waals surface area contributed by atoms with Crippen molar-refractivity contribution in [1.82, 2.24) is 29.9 Å². The SMILES string of the molecule is Cc1nc(NCCCN2CCCC2=O)c2nnn(Cc3ccccc3)c2n1. The van der Waals surface area contributed by atoms with Gasteiger partial charge in [0.1, 0.15) is 5.82 Å². The first kappa shape index (κ1) is 17.4. The van der Waals surface area contributed by atoms with Crippen LogP contribution in [0.3, 0.4) is 0 Å². The molecule has 1 saturated heterocycles. The molecule has 0 atom stereocenters. The van der Waals surface area contributed by atoms with Crippen LogP contribution in [-0.4, -0.2) is 55.4 Å². The molecule has 8 heteroatoms. The second-order valence-electron chi connectivity index (χ2n) is 6.79. The topological polar surface area (TPSA) is 88.8 Å². The van der Waals surface area contributed by atoms with Crippen LogP contribution in [0.1, 0.15) is 30.7 Å². The smallest absolute Gasteiger partial charge is 0.222 e. The summed E-state index contributed by atoms with van der Waals surface area (Å²) in [5.74, 6) is 1.64. The van der Waals surface area contributed by atoms with Crippen LogP contribution in [0.4, 0.5) is 5.82 Å². The van der Waals surface area contributed by atoms with Gasteiger partial charge in [0.2, 0.25) is 5.91 Å². The maximum atomic E-state index is 11.7. The Hall–Kier alpha value is -3.03. The number of hydrogen-bond donors (Lipinski definition) is 1. The Balaban J connectivity index is 1.45. The molecule has 3 aromatic rings. The minimum Gasteiger partial charge on any atom is -0.368 e. The number of hydrogen-bond acceptors (Lipinski definition) is 6. The largest absolute Gasteiger partial charge is 0.368 e. The predicted octanol–water partition coefficient (Wildman–Crippen LogP) is 2.00. The van der Waals surface area contributed by atoms with Crippen molar-refractivity contribution in [3.05, 3.63) is 41.7 Å². The number of nitrogens with zero attached hydrogens (tertiary/aromatic N) is 6. The molecule has 0 unspecified atom stereocenters. The van der Waals surface area contributed by atoms with E-state index in [9.17, 15) is 4.79 Å². The Morgan fingerprint density at radius 3 is 2.81 bits per heavy atom. The monoisotopic (exact) mass is 365 g/mol. The molecular weight excluding hydrogens is 342 g/mol.